The predicted octanol–water partition coefficient (Wildman–Crippen LogP) is 4.34. The maximum atomic E-state index is 13.4. The molecule has 3 aromatic rings. The second-order valence-electron chi connectivity index (χ2n) is 9.28. The van der Waals surface area contributed by atoms with E-state index in [1.165, 1.54) is 0 Å². The Labute approximate surface area is 207 Å². The molecule has 1 aromatic carbocycles. The zero-order valence-corrected chi connectivity index (χ0v) is 21.1. The minimum atomic E-state index is -1.02. The number of fused-ring (bicyclic) bond motifs is 1. The fourth-order valence-electron chi connectivity index (χ4n) is 4.49. The number of carbonyl (C=O) groups excluding carboxylic acids is 2. The molecule has 2 unspecified atom stereocenters. The lowest BCUT2D eigenvalue weighted by Gasteiger charge is -2.37. The summed E-state index contributed by atoms with van der Waals surface area (Å²) < 4.78 is 17.1. The number of benzene rings is 1. The molecule has 0 saturated carbocycles. The maximum Gasteiger partial charge on any atom is 0.229 e. The number of nitrogens with one attached hydrogen (secondary N) is 1. The van der Waals surface area contributed by atoms with Crippen LogP contribution in [0.4, 0.5) is 5.82 Å². The van der Waals surface area contributed by atoms with Gasteiger partial charge in [-0.15, -0.1) is 0 Å². The molecule has 0 saturated heterocycles. The first-order valence-corrected chi connectivity index (χ1v) is 12.8. The van der Waals surface area contributed by atoms with E-state index >= 15 is 0 Å². The van der Waals surface area contributed by atoms with E-state index in [9.17, 15) is 13.8 Å². The summed E-state index contributed by atoms with van der Waals surface area (Å²) in [4.78, 5) is 35.9. The van der Waals surface area contributed by atoms with Gasteiger partial charge in [0.05, 0.1) is 47.8 Å². The molecule has 0 radical (unpaired) electrons. The van der Waals surface area contributed by atoms with Crippen LogP contribution in [-0.4, -0.2) is 38.7 Å². The molecular formula is C27H29N3O4S. The van der Waals surface area contributed by atoms with Crippen LogP contribution in [0.3, 0.4) is 0 Å². The Morgan fingerprint density at radius 2 is 1.89 bits per heavy atom. The Morgan fingerprint density at radius 3 is 2.51 bits per heavy atom. The Bertz CT molecular complexity index is 1270. The van der Waals surface area contributed by atoms with Crippen molar-refractivity contribution in [2.75, 3.05) is 18.2 Å². The monoisotopic (exact) mass is 491 g/mol. The van der Waals surface area contributed by atoms with Crippen molar-refractivity contribution in [3.63, 3.8) is 0 Å². The van der Waals surface area contributed by atoms with Gasteiger partial charge in [0.15, 0.2) is 5.78 Å². The van der Waals surface area contributed by atoms with Gasteiger partial charge >= 0.3 is 0 Å². The molecule has 0 bridgehead atoms. The summed E-state index contributed by atoms with van der Waals surface area (Å²) in [5, 5.41) is 2.84. The highest BCUT2D eigenvalue weighted by Crippen LogP contribution is 2.44. The molecule has 8 heteroatoms. The SMILES string of the molecule is CCS(=O)c1ccc(CC(=O)Nc2ccc3c(n2)CC(C)(C)C(c2ccc(OC)cn2)C3=O)cc1. The third-order valence-corrected chi connectivity index (χ3v) is 7.60. The highest BCUT2D eigenvalue weighted by molar-refractivity contribution is 7.85. The van der Waals surface area contributed by atoms with Crippen molar-refractivity contribution in [3.05, 3.63) is 77.2 Å². The predicted molar refractivity (Wildman–Crippen MR) is 135 cm³/mol. The van der Waals surface area contributed by atoms with E-state index in [0.29, 0.717) is 40.7 Å². The van der Waals surface area contributed by atoms with Crippen molar-refractivity contribution in [2.45, 2.75) is 44.4 Å². The van der Waals surface area contributed by atoms with Gasteiger partial charge in [-0.1, -0.05) is 32.9 Å². The summed E-state index contributed by atoms with van der Waals surface area (Å²) in [6.45, 7) is 5.94. The summed E-state index contributed by atoms with van der Waals surface area (Å²) in [5.41, 5.74) is 2.36. The number of nitrogens with zero attached hydrogens (tertiary/aromatic N) is 2. The molecule has 182 valence electrons. The van der Waals surface area contributed by atoms with Crippen molar-refractivity contribution < 1.29 is 18.5 Å². The van der Waals surface area contributed by atoms with Crippen LogP contribution in [0.2, 0.25) is 0 Å². The summed E-state index contributed by atoms with van der Waals surface area (Å²) in [6.07, 6.45) is 2.38. The Balaban J connectivity index is 1.49. The van der Waals surface area contributed by atoms with Crippen LogP contribution in [0.1, 0.15) is 54.0 Å². The van der Waals surface area contributed by atoms with Crippen LogP contribution >= 0.6 is 0 Å². The van der Waals surface area contributed by atoms with E-state index in [1.807, 2.05) is 45.0 Å². The Kier molecular flexibility index (Phi) is 7.12. The molecule has 1 aliphatic carbocycles. The van der Waals surface area contributed by atoms with E-state index in [0.717, 1.165) is 10.5 Å². The first-order chi connectivity index (χ1) is 16.7. The average Bonchev–Trinajstić information content (AvgIpc) is 2.83. The van der Waals surface area contributed by atoms with Gasteiger partial charge < -0.3 is 10.1 Å². The molecule has 2 heterocycles. The molecule has 0 spiro atoms. The van der Waals surface area contributed by atoms with Gasteiger partial charge in [-0.2, -0.15) is 0 Å². The summed E-state index contributed by atoms with van der Waals surface area (Å²) in [5.74, 6) is 0.993. The largest absolute Gasteiger partial charge is 0.495 e. The van der Waals surface area contributed by atoms with Crippen molar-refractivity contribution >= 4 is 28.3 Å². The average molecular weight is 492 g/mol. The lowest BCUT2D eigenvalue weighted by Crippen LogP contribution is -2.37. The molecule has 1 amide bonds. The molecule has 2 atom stereocenters. The molecule has 7 nitrogen and oxygen atoms in total. The quantitative estimate of drug-likeness (QED) is 0.528. The van der Waals surface area contributed by atoms with Gasteiger partial charge in [0.25, 0.3) is 0 Å². The van der Waals surface area contributed by atoms with Crippen molar-refractivity contribution in [2.24, 2.45) is 5.41 Å². The first-order valence-electron chi connectivity index (χ1n) is 11.5. The van der Waals surface area contributed by atoms with E-state index in [1.54, 1.807) is 37.6 Å². The van der Waals surface area contributed by atoms with Crippen LogP contribution in [0.25, 0.3) is 0 Å². The third-order valence-electron chi connectivity index (χ3n) is 6.28. The normalized spacial score (nSPS) is 17.4. The maximum absolute atomic E-state index is 13.4. The highest BCUT2D eigenvalue weighted by atomic mass is 32.2. The van der Waals surface area contributed by atoms with Crippen LogP contribution in [0.15, 0.2) is 59.6 Å². The lowest BCUT2D eigenvalue weighted by atomic mass is 9.66. The van der Waals surface area contributed by atoms with E-state index < -0.39 is 22.1 Å². The van der Waals surface area contributed by atoms with Crippen molar-refractivity contribution in [1.82, 2.24) is 9.97 Å². The zero-order chi connectivity index (χ0) is 25.2. The van der Waals surface area contributed by atoms with Gasteiger partial charge in [0.1, 0.15) is 11.6 Å². The fraction of sp³-hybridized carbons (Fsp3) is 0.333. The number of ether oxygens (including phenoxy) is 1. The first kappa shape index (κ1) is 24.7. The second kappa shape index (κ2) is 10.1. The number of anilines is 1. The third kappa shape index (κ3) is 5.32. The molecule has 2 aromatic heterocycles. The topological polar surface area (TPSA) is 98.2 Å². The van der Waals surface area contributed by atoms with E-state index in [4.69, 9.17) is 4.74 Å². The molecule has 0 fully saturated rings. The Hall–Kier alpha value is -3.39. The van der Waals surface area contributed by atoms with Gasteiger partial charge in [-0.05, 0) is 53.8 Å². The molecule has 1 aliphatic rings. The number of hydrogen-bond acceptors (Lipinski definition) is 6. The highest BCUT2D eigenvalue weighted by Gasteiger charge is 2.43. The Morgan fingerprint density at radius 1 is 1.14 bits per heavy atom. The number of rotatable bonds is 7. The number of methoxy groups -OCH3 is 1. The van der Waals surface area contributed by atoms with Crippen LogP contribution in [-0.2, 0) is 28.4 Å². The number of amides is 1. The molecule has 4 rings (SSSR count). The summed E-state index contributed by atoms with van der Waals surface area (Å²) in [7, 11) is 0.563. The zero-order valence-electron chi connectivity index (χ0n) is 20.3. The number of hydrogen-bond donors (Lipinski definition) is 1. The second-order valence-corrected chi connectivity index (χ2v) is 11.0. The minimum absolute atomic E-state index is 0.0242. The van der Waals surface area contributed by atoms with Crippen molar-refractivity contribution in [3.8, 4) is 5.75 Å². The molecule has 0 aliphatic heterocycles. The van der Waals surface area contributed by atoms with Crippen LogP contribution in [0.5, 0.6) is 5.75 Å². The number of carbonyl (C=O) groups is 2. The standard InChI is InChI=1S/C27H29N3O4S/c1-5-35(33)19-9-6-17(7-10-19)14-24(31)30-23-13-11-20-22(29-23)15-27(2,3)25(26(20)32)21-12-8-18(34-4)16-28-21/h6-13,16,25H,5,14-15H2,1-4H3,(H,29,30,31). The lowest BCUT2D eigenvalue weighted by molar-refractivity contribution is -0.115. The van der Waals surface area contributed by atoms with Crippen LogP contribution in [0, 0.1) is 5.41 Å². The number of aromatic nitrogens is 2. The minimum Gasteiger partial charge on any atom is -0.495 e. The fourth-order valence-corrected chi connectivity index (χ4v) is 5.26. The van der Waals surface area contributed by atoms with Gasteiger partial charge in [0.2, 0.25) is 5.91 Å². The molecular weight excluding hydrogens is 462 g/mol. The van der Waals surface area contributed by atoms with Crippen LogP contribution < -0.4 is 10.1 Å². The number of pyridine rings is 2. The van der Waals surface area contributed by atoms with Gasteiger partial charge in [0, 0.05) is 16.2 Å². The molecule has 35 heavy (non-hydrogen) atoms. The molecule has 1 N–H and O–H groups in total. The van der Waals surface area contributed by atoms with Crippen molar-refractivity contribution in [1.29, 1.82) is 0 Å². The number of ketones is 1. The smallest absolute Gasteiger partial charge is 0.229 e. The summed E-state index contributed by atoms with van der Waals surface area (Å²) >= 11 is 0. The van der Waals surface area contributed by atoms with Gasteiger partial charge in [-0.25, -0.2) is 4.98 Å². The number of Topliss-reactive ketones (excluding diaryl/α,β-unsaturated/α-hetero) is 1. The van der Waals surface area contributed by atoms with Gasteiger partial charge in [-0.3, -0.25) is 18.8 Å². The summed E-state index contributed by atoms with van der Waals surface area (Å²) in [6, 6.07) is 14.3. The van der Waals surface area contributed by atoms with E-state index in [2.05, 4.69) is 15.3 Å². The van der Waals surface area contributed by atoms with E-state index in [-0.39, 0.29) is 18.1 Å².